The van der Waals surface area contributed by atoms with Gasteiger partial charge >= 0.3 is 0 Å². The predicted octanol–water partition coefficient (Wildman–Crippen LogP) is 1.57. The normalized spacial score (nSPS) is 10.1. The van der Waals surface area contributed by atoms with Crippen molar-refractivity contribution in [3.05, 3.63) is 29.8 Å². The van der Waals surface area contributed by atoms with Crippen LogP contribution in [0.2, 0.25) is 0 Å². The number of rotatable bonds is 10. The molecule has 0 aliphatic carbocycles. The molecule has 0 spiro atoms. The van der Waals surface area contributed by atoms with Crippen LogP contribution in [0.1, 0.15) is 12.0 Å². The van der Waals surface area contributed by atoms with Crippen molar-refractivity contribution in [2.45, 2.75) is 6.42 Å². The molecule has 1 N–H and O–H groups in total. The van der Waals surface area contributed by atoms with Crippen LogP contribution >= 0.6 is 0 Å². The number of amides is 1. The zero-order chi connectivity index (χ0) is 15.3. The van der Waals surface area contributed by atoms with Gasteiger partial charge in [-0.05, 0) is 18.6 Å². The number of nitrogens with zero attached hydrogens (tertiary/aromatic N) is 1. The van der Waals surface area contributed by atoms with Crippen molar-refractivity contribution in [2.75, 3.05) is 45.5 Å². The van der Waals surface area contributed by atoms with Crippen LogP contribution in [0.4, 0.5) is 5.69 Å². The average molecular weight is 292 g/mol. The summed E-state index contributed by atoms with van der Waals surface area (Å²) in [7, 11) is 1.65. The lowest BCUT2D eigenvalue weighted by atomic mass is 10.2. The number of hydrogen-bond acceptors (Lipinski definition) is 5. The smallest absolute Gasteiger partial charge is 0.250 e. The fraction of sp³-hybridized carbons (Fsp3) is 0.467. The number of methoxy groups -OCH3 is 1. The Hall–Kier alpha value is -1.94. The van der Waals surface area contributed by atoms with Crippen LogP contribution in [-0.4, -0.2) is 46.1 Å². The summed E-state index contributed by atoms with van der Waals surface area (Å²) in [6.45, 7) is 1.99. The molecule has 0 atom stereocenters. The Bertz CT molecular complexity index is 471. The average Bonchev–Trinajstić information content (AvgIpc) is 2.50. The second-order valence-corrected chi connectivity index (χ2v) is 4.22. The van der Waals surface area contributed by atoms with Crippen molar-refractivity contribution in [1.29, 1.82) is 5.26 Å². The van der Waals surface area contributed by atoms with Gasteiger partial charge in [-0.25, -0.2) is 0 Å². The molecule has 0 unspecified atom stereocenters. The molecule has 6 nitrogen and oxygen atoms in total. The Morgan fingerprint density at radius 1 is 1.19 bits per heavy atom. The molecule has 21 heavy (non-hydrogen) atoms. The first kappa shape index (κ1) is 17.1. The molecular weight excluding hydrogens is 272 g/mol. The number of ether oxygens (including phenoxy) is 3. The summed E-state index contributed by atoms with van der Waals surface area (Å²) < 4.78 is 15.4. The molecule has 0 aliphatic heterocycles. The maximum Gasteiger partial charge on any atom is 0.250 e. The van der Waals surface area contributed by atoms with Gasteiger partial charge in [-0.2, -0.15) is 5.26 Å². The van der Waals surface area contributed by atoms with Gasteiger partial charge in [-0.1, -0.05) is 12.1 Å². The van der Waals surface area contributed by atoms with Crippen LogP contribution in [0.3, 0.4) is 0 Å². The van der Waals surface area contributed by atoms with E-state index in [4.69, 9.17) is 19.5 Å². The minimum Gasteiger partial charge on any atom is -0.385 e. The van der Waals surface area contributed by atoms with E-state index in [1.165, 1.54) is 0 Å². The Balaban J connectivity index is 2.13. The van der Waals surface area contributed by atoms with E-state index in [1.807, 2.05) is 6.07 Å². The third-order valence-corrected chi connectivity index (χ3v) is 2.56. The van der Waals surface area contributed by atoms with Crippen molar-refractivity contribution >= 4 is 11.6 Å². The number of anilines is 1. The summed E-state index contributed by atoms with van der Waals surface area (Å²) in [4.78, 5) is 11.7. The van der Waals surface area contributed by atoms with Crippen molar-refractivity contribution in [1.82, 2.24) is 0 Å². The van der Waals surface area contributed by atoms with Gasteiger partial charge < -0.3 is 19.5 Å². The number of nitriles is 1. The highest BCUT2D eigenvalue weighted by molar-refractivity contribution is 5.92. The summed E-state index contributed by atoms with van der Waals surface area (Å²) in [5, 5.41) is 11.5. The maximum atomic E-state index is 11.7. The summed E-state index contributed by atoms with van der Waals surface area (Å²) in [5.74, 6) is -0.294. The SMILES string of the molecule is COCCCOCCOCC(=O)Nc1ccccc1C#N. The lowest BCUT2D eigenvalue weighted by molar-refractivity contribution is -0.121. The molecule has 1 amide bonds. The highest BCUT2D eigenvalue weighted by Crippen LogP contribution is 2.13. The molecular formula is C15H20N2O4. The third kappa shape index (κ3) is 7.42. The van der Waals surface area contributed by atoms with Crippen molar-refractivity contribution < 1.29 is 19.0 Å². The van der Waals surface area contributed by atoms with Crippen LogP contribution in [0.15, 0.2) is 24.3 Å². The van der Waals surface area contributed by atoms with Crippen LogP contribution in [0.5, 0.6) is 0 Å². The van der Waals surface area contributed by atoms with E-state index in [9.17, 15) is 4.79 Å². The van der Waals surface area contributed by atoms with E-state index >= 15 is 0 Å². The van der Waals surface area contributed by atoms with Gasteiger partial charge in [0.05, 0.1) is 24.5 Å². The Morgan fingerprint density at radius 2 is 1.95 bits per heavy atom. The van der Waals surface area contributed by atoms with Crippen LogP contribution in [0, 0.1) is 11.3 Å². The lowest BCUT2D eigenvalue weighted by Crippen LogP contribution is -2.20. The second kappa shape index (κ2) is 10.8. The molecule has 1 rings (SSSR count). The van der Waals surface area contributed by atoms with Gasteiger partial charge in [-0.3, -0.25) is 4.79 Å². The van der Waals surface area contributed by atoms with Crippen molar-refractivity contribution in [2.24, 2.45) is 0 Å². The van der Waals surface area contributed by atoms with E-state index < -0.39 is 0 Å². The summed E-state index contributed by atoms with van der Waals surface area (Å²) in [6, 6.07) is 8.83. The molecule has 0 fully saturated rings. The molecule has 0 saturated carbocycles. The van der Waals surface area contributed by atoms with E-state index in [-0.39, 0.29) is 12.5 Å². The molecule has 6 heteroatoms. The lowest BCUT2D eigenvalue weighted by Gasteiger charge is -2.08. The van der Waals surface area contributed by atoms with Crippen molar-refractivity contribution in [3.63, 3.8) is 0 Å². The quantitative estimate of drug-likeness (QED) is 0.662. The van der Waals surface area contributed by atoms with Gasteiger partial charge in [0.2, 0.25) is 5.91 Å². The number of nitrogens with one attached hydrogen (secondary N) is 1. The first-order valence-corrected chi connectivity index (χ1v) is 6.71. The van der Waals surface area contributed by atoms with Gasteiger partial charge in [0, 0.05) is 20.3 Å². The molecule has 0 aliphatic rings. The molecule has 1 aromatic carbocycles. The number of carbonyl (C=O) groups excluding carboxylic acids is 1. The number of para-hydroxylation sites is 1. The van der Waals surface area contributed by atoms with Crippen LogP contribution in [-0.2, 0) is 19.0 Å². The highest BCUT2D eigenvalue weighted by atomic mass is 16.5. The van der Waals surface area contributed by atoms with E-state index in [0.29, 0.717) is 37.7 Å². The predicted molar refractivity (Wildman–Crippen MR) is 77.9 cm³/mol. The molecule has 0 saturated heterocycles. The number of hydrogen-bond donors (Lipinski definition) is 1. The largest absolute Gasteiger partial charge is 0.385 e. The summed E-state index contributed by atoms with van der Waals surface area (Å²) >= 11 is 0. The van der Waals surface area contributed by atoms with E-state index in [0.717, 1.165) is 6.42 Å². The van der Waals surface area contributed by atoms with Gasteiger partial charge in [0.1, 0.15) is 12.7 Å². The fourth-order valence-electron chi connectivity index (χ4n) is 1.57. The Labute approximate surface area is 124 Å². The summed E-state index contributed by atoms with van der Waals surface area (Å²) in [6.07, 6.45) is 0.835. The first-order valence-electron chi connectivity index (χ1n) is 6.71. The zero-order valence-corrected chi connectivity index (χ0v) is 12.1. The highest BCUT2D eigenvalue weighted by Gasteiger charge is 2.06. The Morgan fingerprint density at radius 3 is 2.71 bits per heavy atom. The third-order valence-electron chi connectivity index (χ3n) is 2.56. The summed E-state index contributed by atoms with van der Waals surface area (Å²) in [5.41, 5.74) is 0.914. The topological polar surface area (TPSA) is 80.6 Å². The molecule has 0 aromatic heterocycles. The number of carbonyl (C=O) groups is 1. The monoisotopic (exact) mass is 292 g/mol. The van der Waals surface area contributed by atoms with E-state index in [2.05, 4.69) is 5.32 Å². The minimum atomic E-state index is -0.294. The van der Waals surface area contributed by atoms with Crippen molar-refractivity contribution in [3.8, 4) is 6.07 Å². The van der Waals surface area contributed by atoms with Crippen LogP contribution in [0.25, 0.3) is 0 Å². The second-order valence-electron chi connectivity index (χ2n) is 4.22. The Kier molecular flexibility index (Phi) is 8.80. The minimum absolute atomic E-state index is 0.0683. The fourth-order valence-corrected chi connectivity index (χ4v) is 1.57. The molecule has 114 valence electrons. The van der Waals surface area contributed by atoms with Gasteiger partial charge in [-0.15, -0.1) is 0 Å². The maximum absolute atomic E-state index is 11.7. The standard InChI is InChI=1S/C15H20N2O4/c1-19-7-4-8-20-9-10-21-12-15(18)17-14-6-3-2-5-13(14)11-16/h2-3,5-6H,4,7-10,12H2,1H3,(H,17,18). The van der Waals surface area contributed by atoms with Crippen LogP contribution < -0.4 is 5.32 Å². The van der Waals surface area contributed by atoms with Gasteiger partial charge in [0.25, 0.3) is 0 Å². The number of benzene rings is 1. The van der Waals surface area contributed by atoms with E-state index in [1.54, 1.807) is 31.4 Å². The van der Waals surface area contributed by atoms with Gasteiger partial charge in [0.15, 0.2) is 0 Å². The first-order chi connectivity index (χ1) is 10.3. The molecule has 0 radical (unpaired) electrons. The zero-order valence-electron chi connectivity index (χ0n) is 12.1. The molecule has 1 aromatic rings. The molecule has 0 heterocycles. The molecule has 0 bridgehead atoms.